The topological polar surface area (TPSA) is 21.3 Å². The van der Waals surface area contributed by atoms with Crippen LogP contribution in [0.15, 0.2) is 42.5 Å². The molecule has 2 aromatic rings. The van der Waals surface area contributed by atoms with E-state index in [1.807, 2.05) is 6.07 Å². The lowest BCUT2D eigenvalue weighted by molar-refractivity contribution is 0.301. The van der Waals surface area contributed by atoms with Gasteiger partial charge in [-0.2, -0.15) is 0 Å². The van der Waals surface area contributed by atoms with Gasteiger partial charge >= 0.3 is 0 Å². The number of benzene rings is 2. The highest BCUT2D eigenvalue weighted by molar-refractivity contribution is 5.44. The molecule has 1 aliphatic rings. The van der Waals surface area contributed by atoms with Crippen molar-refractivity contribution >= 4 is 0 Å². The molecule has 22 heavy (non-hydrogen) atoms. The second-order valence-electron chi connectivity index (χ2n) is 6.26. The number of nitrogens with one attached hydrogen (secondary N) is 1. The number of hydrogen-bond donors (Lipinski definition) is 1. The molecule has 1 atom stereocenters. The Labute approximate surface area is 133 Å². The fourth-order valence-corrected chi connectivity index (χ4v) is 3.28. The van der Waals surface area contributed by atoms with Crippen LogP contribution in [0.1, 0.15) is 47.6 Å². The Morgan fingerprint density at radius 2 is 1.77 bits per heavy atom. The van der Waals surface area contributed by atoms with E-state index in [0.717, 1.165) is 12.3 Å². The van der Waals surface area contributed by atoms with Crippen LogP contribution in [0, 0.1) is 13.8 Å². The lowest BCUT2D eigenvalue weighted by Gasteiger charge is -2.25. The quantitative estimate of drug-likeness (QED) is 0.883. The van der Waals surface area contributed by atoms with E-state index in [9.17, 15) is 0 Å². The smallest absolute Gasteiger partial charge is 0.125 e. The Kier molecular flexibility index (Phi) is 4.79. The largest absolute Gasteiger partial charge is 0.488 e. The van der Waals surface area contributed by atoms with Gasteiger partial charge in [0.05, 0.1) is 0 Å². The molecule has 0 bridgehead atoms. The molecule has 0 unspecified atom stereocenters. The van der Waals surface area contributed by atoms with Crippen molar-refractivity contribution in [2.75, 3.05) is 6.54 Å². The molecular weight excluding hydrogens is 270 g/mol. The summed E-state index contributed by atoms with van der Waals surface area (Å²) in [6, 6.07) is 15.4. The summed E-state index contributed by atoms with van der Waals surface area (Å²) in [5, 5.41) is 3.63. The van der Waals surface area contributed by atoms with Crippen molar-refractivity contribution in [2.45, 2.75) is 45.8 Å². The van der Waals surface area contributed by atoms with Gasteiger partial charge in [0.15, 0.2) is 0 Å². The maximum Gasteiger partial charge on any atom is 0.125 e. The lowest BCUT2D eigenvalue weighted by Crippen LogP contribution is -2.26. The molecule has 1 heterocycles. The molecule has 0 spiro atoms. The third-order valence-corrected chi connectivity index (χ3v) is 4.42. The van der Waals surface area contributed by atoms with Crippen molar-refractivity contribution in [2.24, 2.45) is 0 Å². The van der Waals surface area contributed by atoms with Gasteiger partial charge in [0, 0.05) is 6.04 Å². The van der Waals surface area contributed by atoms with Crippen molar-refractivity contribution in [1.29, 1.82) is 0 Å². The molecule has 1 aliphatic heterocycles. The molecule has 2 nitrogen and oxygen atoms in total. The second kappa shape index (κ2) is 6.97. The van der Waals surface area contributed by atoms with Crippen molar-refractivity contribution in [3.05, 3.63) is 64.7 Å². The first-order chi connectivity index (χ1) is 10.7. The predicted octanol–water partition coefficient (Wildman–Crippen LogP) is 4.70. The first kappa shape index (κ1) is 15.1. The van der Waals surface area contributed by atoms with Crippen molar-refractivity contribution in [1.82, 2.24) is 5.32 Å². The Balaban J connectivity index is 1.74. The molecule has 0 aromatic heterocycles. The van der Waals surface area contributed by atoms with Gasteiger partial charge in [0.25, 0.3) is 0 Å². The Bertz CT molecular complexity index is 592. The molecule has 0 saturated carbocycles. The molecule has 0 aliphatic carbocycles. The maximum atomic E-state index is 6.08. The van der Waals surface area contributed by atoms with Crippen molar-refractivity contribution in [3.8, 4) is 5.75 Å². The lowest BCUT2D eigenvalue weighted by atomic mass is 9.94. The molecular formula is C20H25NO. The first-order valence-corrected chi connectivity index (χ1v) is 8.25. The van der Waals surface area contributed by atoms with E-state index in [4.69, 9.17) is 4.74 Å². The Hall–Kier alpha value is -1.80. The zero-order valence-electron chi connectivity index (χ0n) is 13.6. The zero-order valence-corrected chi connectivity index (χ0v) is 13.6. The van der Waals surface area contributed by atoms with Gasteiger partial charge in [-0.1, -0.05) is 48.9 Å². The zero-order chi connectivity index (χ0) is 15.4. The minimum absolute atomic E-state index is 0.509. The van der Waals surface area contributed by atoms with Gasteiger partial charge in [-0.05, 0) is 55.5 Å². The van der Waals surface area contributed by atoms with Crippen LogP contribution in [-0.2, 0) is 6.61 Å². The summed E-state index contributed by atoms with van der Waals surface area (Å²) in [4.78, 5) is 0. The van der Waals surface area contributed by atoms with Crippen molar-refractivity contribution in [3.63, 3.8) is 0 Å². The highest BCUT2D eigenvalue weighted by Crippen LogP contribution is 2.31. The SMILES string of the molecule is Cc1cc([C@@H]2CCCCN2)cc(C)c1OCc1ccccc1. The van der Waals surface area contributed by atoms with E-state index in [2.05, 4.69) is 55.6 Å². The number of ether oxygens (including phenoxy) is 1. The summed E-state index contributed by atoms with van der Waals surface area (Å²) in [5.41, 5.74) is 5.08. The van der Waals surface area contributed by atoms with E-state index in [0.29, 0.717) is 12.6 Å². The Morgan fingerprint density at radius 3 is 2.41 bits per heavy atom. The third kappa shape index (κ3) is 3.50. The average molecular weight is 295 g/mol. The average Bonchev–Trinajstić information content (AvgIpc) is 2.56. The molecule has 0 amide bonds. The highest BCUT2D eigenvalue weighted by atomic mass is 16.5. The minimum Gasteiger partial charge on any atom is -0.488 e. The van der Waals surface area contributed by atoms with Crippen LogP contribution in [0.4, 0.5) is 0 Å². The van der Waals surface area contributed by atoms with E-state index >= 15 is 0 Å². The summed E-state index contributed by atoms with van der Waals surface area (Å²) in [6.45, 7) is 6.07. The molecule has 0 radical (unpaired) electrons. The summed E-state index contributed by atoms with van der Waals surface area (Å²) >= 11 is 0. The number of hydrogen-bond acceptors (Lipinski definition) is 2. The standard InChI is InChI=1S/C20H25NO/c1-15-12-18(19-10-6-7-11-21-19)13-16(2)20(15)22-14-17-8-4-3-5-9-17/h3-5,8-9,12-13,19,21H,6-7,10-11,14H2,1-2H3/t19-/m0/s1. The summed E-state index contributed by atoms with van der Waals surface area (Å²) in [7, 11) is 0. The summed E-state index contributed by atoms with van der Waals surface area (Å²) < 4.78 is 6.08. The monoisotopic (exact) mass is 295 g/mol. The fraction of sp³-hybridized carbons (Fsp3) is 0.400. The molecule has 2 aromatic carbocycles. The van der Waals surface area contributed by atoms with Gasteiger partial charge < -0.3 is 10.1 Å². The van der Waals surface area contributed by atoms with Gasteiger partial charge in [-0.25, -0.2) is 0 Å². The van der Waals surface area contributed by atoms with E-state index in [-0.39, 0.29) is 0 Å². The maximum absolute atomic E-state index is 6.08. The van der Waals surface area contributed by atoms with Crippen LogP contribution >= 0.6 is 0 Å². The number of piperidine rings is 1. The first-order valence-electron chi connectivity index (χ1n) is 8.25. The predicted molar refractivity (Wildman–Crippen MR) is 91.3 cm³/mol. The molecule has 2 heteroatoms. The van der Waals surface area contributed by atoms with E-state index in [1.165, 1.54) is 41.5 Å². The van der Waals surface area contributed by atoms with Gasteiger partial charge in [-0.15, -0.1) is 0 Å². The van der Waals surface area contributed by atoms with Crippen LogP contribution in [0.5, 0.6) is 5.75 Å². The van der Waals surface area contributed by atoms with E-state index in [1.54, 1.807) is 0 Å². The number of aryl methyl sites for hydroxylation is 2. The summed E-state index contributed by atoms with van der Waals surface area (Å²) in [6.07, 6.45) is 3.86. The molecule has 1 fully saturated rings. The van der Waals surface area contributed by atoms with Crippen LogP contribution in [0.3, 0.4) is 0 Å². The summed E-state index contributed by atoms with van der Waals surface area (Å²) in [5.74, 6) is 1.03. The van der Waals surface area contributed by atoms with Crippen LogP contribution in [0.2, 0.25) is 0 Å². The van der Waals surface area contributed by atoms with Gasteiger partial charge in [0.1, 0.15) is 12.4 Å². The van der Waals surface area contributed by atoms with Crippen LogP contribution < -0.4 is 10.1 Å². The second-order valence-corrected chi connectivity index (χ2v) is 6.26. The molecule has 116 valence electrons. The molecule has 1 N–H and O–H groups in total. The Morgan fingerprint density at radius 1 is 1.05 bits per heavy atom. The normalized spacial score (nSPS) is 18.2. The molecule has 3 rings (SSSR count). The minimum atomic E-state index is 0.509. The fourth-order valence-electron chi connectivity index (χ4n) is 3.28. The van der Waals surface area contributed by atoms with Crippen molar-refractivity contribution < 1.29 is 4.74 Å². The van der Waals surface area contributed by atoms with Crippen LogP contribution in [0.25, 0.3) is 0 Å². The molecule has 1 saturated heterocycles. The highest BCUT2D eigenvalue weighted by Gasteiger charge is 2.17. The van der Waals surface area contributed by atoms with Gasteiger partial charge in [0.2, 0.25) is 0 Å². The van der Waals surface area contributed by atoms with Gasteiger partial charge in [-0.3, -0.25) is 0 Å². The van der Waals surface area contributed by atoms with E-state index < -0.39 is 0 Å². The number of rotatable bonds is 4. The van der Waals surface area contributed by atoms with Crippen LogP contribution in [-0.4, -0.2) is 6.54 Å². The third-order valence-electron chi connectivity index (χ3n) is 4.42.